The van der Waals surface area contributed by atoms with Crippen molar-refractivity contribution in [2.24, 2.45) is 13.0 Å². The number of carbonyl (C=O) groups is 1. The topological polar surface area (TPSA) is 47.4 Å². The molecule has 0 unspecified atom stereocenters. The highest BCUT2D eigenvalue weighted by atomic mass is 16.5. The van der Waals surface area contributed by atoms with E-state index >= 15 is 0 Å². The third-order valence-corrected chi connectivity index (χ3v) is 4.23. The molecule has 122 valence electrons. The number of hydrogen-bond acceptors (Lipinski definition) is 3. The van der Waals surface area contributed by atoms with Gasteiger partial charge < -0.3 is 9.64 Å². The molecule has 0 radical (unpaired) electrons. The molecular weight excluding hydrogens is 290 g/mol. The second-order valence-electron chi connectivity index (χ2n) is 6.29. The molecule has 1 aliphatic heterocycles. The SMILES string of the molecule is Cc1cccc(OC[C@H]2CCCN(C(=O)c3cnn(C)c3)C2)c1. The Morgan fingerprint density at radius 2 is 2.30 bits per heavy atom. The van der Waals surface area contributed by atoms with Crippen LogP contribution in [0, 0.1) is 12.8 Å². The number of amides is 1. The van der Waals surface area contributed by atoms with Crippen LogP contribution in [0.3, 0.4) is 0 Å². The molecule has 0 spiro atoms. The maximum atomic E-state index is 12.5. The van der Waals surface area contributed by atoms with Crippen molar-refractivity contribution in [1.82, 2.24) is 14.7 Å². The summed E-state index contributed by atoms with van der Waals surface area (Å²) in [5, 5.41) is 4.08. The van der Waals surface area contributed by atoms with Gasteiger partial charge >= 0.3 is 0 Å². The van der Waals surface area contributed by atoms with Crippen molar-refractivity contribution in [3.8, 4) is 5.75 Å². The Bertz CT molecular complexity index is 680. The van der Waals surface area contributed by atoms with Crippen LogP contribution < -0.4 is 4.74 Å². The van der Waals surface area contributed by atoms with E-state index in [4.69, 9.17) is 4.74 Å². The minimum Gasteiger partial charge on any atom is -0.493 e. The van der Waals surface area contributed by atoms with Gasteiger partial charge in [-0.2, -0.15) is 5.10 Å². The largest absolute Gasteiger partial charge is 0.493 e. The second kappa shape index (κ2) is 6.86. The number of aryl methyl sites for hydroxylation is 2. The highest BCUT2D eigenvalue weighted by molar-refractivity contribution is 5.93. The fourth-order valence-corrected chi connectivity index (χ4v) is 3.02. The Morgan fingerprint density at radius 3 is 3.04 bits per heavy atom. The molecule has 1 fully saturated rings. The predicted molar refractivity (Wildman–Crippen MR) is 88.5 cm³/mol. The Morgan fingerprint density at radius 1 is 1.43 bits per heavy atom. The quantitative estimate of drug-likeness (QED) is 0.872. The van der Waals surface area contributed by atoms with E-state index in [0.717, 1.165) is 31.7 Å². The van der Waals surface area contributed by atoms with Gasteiger partial charge in [0.15, 0.2) is 0 Å². The van der Waals surface area contributed by atoms with Gasteiger partial charge in [-0.15, -0.1) is 0 Å². The van der Waals surface area contributed by atoms with E-state index in [9.17, 15) is 4.79 Å². The number of likely N-dealkylation sites (tertiary alicyclic amines) is 1. The number of carbonyl (C=O) groups excluding carboxylic acids is 1. The van der Waals surface area contributed by atoms with E-state index in [0.29, 0.717) is 18.1 Å². The molecule has 0 saturated carbocycles. The van der Waals surface area contributed by atoms with Gasteiger partial charge in [0.1, 0.15) is 5.75 Å². The van der Waals surface area contributed by atoms with Crippen LogP contribution in [0.2, 0.25) is 0 Å². The fraction of sp³-hybridized carbons (Fsp3) is 0.444. The standard InChI is InChI=1S/C18H23N3O2/c1-14-5-3-7-17(9-14)23-13-15-6-4-8-21(11-15)18(22)16-10-19-20(2)12-16/h3,5,7,9-10,12,15H,4,6,8,11,13H2,1-2H3/t15-/m0/s1. The molecule has 5 nitrogen and oxygen atoms in total. The van der Waals surface area contributed by atoms with Gasteiger partial charge in [-0.05, 0) is 37.5 Å². The molecule has 3 rings (SSSR count). The molecule has 1 amide bonds. The highest BCUT2D eigenvalue weighted by Gasteiger charge is 2.25. The zero-order valence-electron chi connectivity index (χ0n) is 13.7. The van der Waals surface area contributed by atoms with E-state index in [1.54, 1.807) is 17.1 Å². The molecule has 2 heterocycles. The lowest BCUT2D eigenvalue weighted by molar-refractivity contribution is 0.0633. The fourth-order valence-electron chi connectivity index (χ4n) is 3.02. The zero-order valence-corrected chi connectivity index (χ0v) is 13.7. The summed E-state index contributed by atoms with van der Waals surface area (Å²) in [6.07, 6.45) is 5.53. The smallest absolute Gasteiger partial charge is 0.257 e. The number of nitrogens with zero attached hydrogens (tertiary/aromatic N) is 3. The first kappa shape index (κ1) is 15.6. The third-order valence-electron chi connectivity index (χ3n) is 4.23. The van der Waals surface area contributed by atoms with Gasteiger partial charge in [0.05, 0.1) is 18.4 Å². The lowest BCUT2D eigenvalue weighted by atomic mass is 9.98. The highest BCUT2D eigenvalue weighted by Crippen LogP contribution is 2.21. The zero-order chi connectivity index (χ0) is 16.2. The van der Waals surface area contributed by atoms with Crippen molar-refractivity contribution in [1.29, 1.82) is 0 Å². The van der Waals surface area contributed by atoms with Crippen molar-refractivity contribution in [2.75, 3.05) is 19.7 Å². The first-order valence-electron chi connectivity index (χ1n) is 8.09. The average Bonchev–Trinajstić information content (AvgIpc) is 2.99. The molecule has 0 aliphatic carbocycles. The van der Waals surface area contributed by atoms with E-state index in [1.165, 1.54) is 5.56 Å². The van der Waals surface area contributed by atoms with Gasteiger partial charge in [0.25, 0.3) is 5.91 Å². The molecule has 5 heteroatoms. The molecule has 1 saturated heterocycles. The van der Waals surface area contributed by atoms with Crippen LogP contribution in [0.25, 0.3) is 0 Å². The average molecular weight is 313 g/mol. The minimum absolute atomic E-state index is 0.0679. The summed E-state index contributed by atoms with van der Waals surface area (Å²) in [5.74, 6) is 1.35. The summed E-state index contributed by atoms with van der Waals surface area (Å²) in [6, 6.07) is 8.08. The van der Waals surface area contributed by atoms with Gasteiger partial charge in [-0.1, -0.05) is 12.1 Å². The van der Waals surface area contributed by atoms with Crippen molar-refractivity contribution < 1.29 is 9.53 Å². The lowest BCUT2D eigenvalue weighted by Gasteiger charge is -2.32. The van der Waals surface area contributed by atoms with Crippen LogP contribution >= 0.6 is 0 Å². The van der Waals surface area contributed by atoms with E-state index in [1.807, 2.05) is 30.1 Å². The predicted octanol–water partition coefficient (Wildman–Crippen LogP) is 2.66. The van der Waals surface area contributed by atoms with Gasteiger partial charge in [-0.25, -0.2) is 0 Å². The Balaban J connectivity index is 1.56. The van der Waals surface area contributed by atoms with Crippen LogP contribution in [0.1, 0.15) is 28.8 Å². The molecule has 0 bridgehead atoms. The maximum absolute atomic E-state index is 12.5. The van der Waals surface area contributed by atoms with Crippen LogP contribution in [-0.4, -0.2) is 40.3 Å². The minimum atomic E-state index is 0.0679. The van der Waals surface area contributed by atoms with E-state index in [-0.39, 0.29) is 5.91 Å². The molecular formula is C18H23N3O2. The first-order chi connectivity index (χ1) is 11.1. The van der Waals surface area contributed by atoms with Crippen LogP contribution in [0.15, 0.2) is 36.7 Å². The molecule has 1 aromatic carbocycles. The summed E-state index contributed by atoms with van der Waals surface area (Å²) < 4.78 is 7.57. The molecule has 1 atom stereocenters. The number of benzene rings is 1. The number of piperidine rings is 1. The Kier molecular flexibility index (Phi) is 4.65. The van der Waals surface area contributed by atoms with Crippen LogP contribution in [-0.2, 0) is 7.05 Å². The van der Waals surface area contributed by atoms with Gasteiger partial charge in [-0.3, -0.25) is 9.48 Å². The summed E-state index contributed by atoms with van der Waals surface area (Å²) >= 11 is 0. The van der Waals surface area contributed by atoms with Gasteiger partial charge in [0.2, 0.25) is 0 Å². The van der Waals surface area contributed by atoms with Crippen LogP contribution in [0.4, 0.5) is 0 Å². The summed E-state index contributed by atoms with van der Waals surface area (Å²) in [6.45, 7) is 4.27. The Hall–Kier alpha value is -2.30. The lowest BCUT2D eigenvalue weighted by Crippen LogP contribution is -2.41. The number of rotatable bonds is 4. The van der Waals surface area contributed by atoms with E-state index < -0.39 is 0 Å². The monoisotopic (exact) mass is 313 g/mol. The summed E-state index contributed by atoms with van der Waals surface area (Å²) in [5.41, 5.74) is 1.85. The van der Waals surface area contributed by atoms with E-state index in [2.05, 4.69) is 18.1 Å². The normalized spacial score (nSPS) is 18.0. The number of ether oxygens (including phenoxy) is 1. The molecule has 1 aliphatic rings. The maximum Gasteiger partial charge on any atom is 0.257 e. The third kappa shape index (κ3) is 3.92. The van der Waals surface area contributed by atoms with Crippen molar-refractivity contribution in [3.05, 3.63) is 47.8 Å². The number of aromatic nitrogens is 2. The van der Waals surface area contributed by atoms with Crippen molar-refractivity contribution in [3.63, 3.8) is 0 Å². The molecule has 0 N–H and O–H groups in total. The second-order valence-corrected chi connectivity index (χ2v) is 6.29. The molecule has 1 aromatic heterocycles. The van der Waals surface area contributed by atoms with Crippen LogP contribution in [0.5, 0.6) is 5.75 Å². The summed E-state index contributed by atoms with van der Waals surface area (Å²) in [7, 11) is 1.82. The summed E-state index contributed by atoms with van der Waals surface area (Å²) in [4.78, 5) is 14.4. The van der Waals surface area contributed by atoms with Crippen molar-refractivity contribution >= 4 is 5.91 Å². The molecule has 23 heavy (non-hydrogen) atoms. The number of hydrogen-bond donors (Lipinski definition) is 0. The Labute approximate surface area is 136 Å². The molecule has 2 aromatic rings. The first-order valence-corrected chi connectivity index (χ1v) is 8.09. The van der Waals surface area contributed by atoms with Gasteiger partial charge in [0, 0.05) is 32.3 Å². The van der Waals surface area contributed by atoms with Crippen molar-refractivity contribution in [2.45, 2.75) is 19.8 Å².